The van der Waals surface area contributed by atoms with Crippen LogP contribution in [-0.2, 0) is 13.1 Å². The highest BCUT2D eigenvalue weighted by molar-refractivity contribution is 5.97. The number of carbonyl (C=O) groups is 1. The number of aromatic nitrogens is 3. The molecular weight excluding hydrogens is 392 g/mol. The maximum atomic E-state index is 11.7. The molecule has 4 rings (SSSR count). The van der Waals surface area contributed by atoms with Gasteiger partial charge in [-0.15, -0.1) is 0 Å². The quantitative estimate of drug-likeness (QED) is 0.534. The molecule has 3 heterocycles. The van der Waals surface area contributed by atoms with Gasteiger partial charge in [0.1, 0.15) is 11.6 Å². The van der Waals surface area contributed by atoms with Crippen LogP contribution in [0.1, 0.15) is 22.3 Å². The number of primary amides is 1. The van der Waals surface area contributed by atoms with E-state index < -0.39 is 5.91 Å². The summed E-state index contributed by atoms with van der Waals surface area (Å²) in [6, 6.07) is 11.8. The monoisotopic (exact) mass is 420 g/mol. The molecule has 31 heavy (non-hydrogen) atoms. The molecule has 1 fully saturated rings. The van der Waals surface area contributed by atoms with E-state index in [-0.39, 0.29) is 0 Å². The number of hydrogen-bond acceptors (Lipinski definition) is 6. The number of imidazole rings is 1. The number of aryl methyl sites for hydroxylation is 1. The normalized spacial score (nSPS) is 14.5. The first kappa shape index (κ1) is 20.9. The van der Waals surface area contributed by atoms with E-state index in [2.05, 4.69) is 36.5 Å². The summed E-state index contributed by atoms with van der Waals surface area (Å²) in [5.74, 6) is 1.15. The summed E-state index contributed by atoms with van der Waals surface area (Å²) >= 11 is 0. The zero-order valence-corrected chi connectivity index (χ0v) is 17.6. The van der Waals surface area contributed by atoms with Crippen LogP contribution in [-0.4, -0.2) is 58.1 Å². The van der Waals surface area contributed by atoms with Crippen LogP contribution in [0, 0.1) is 0 Å². The predicted molar refractivity (Wildman–Crippen MR) is 119 cm³/mol. The Bertz CT molecular complexity index is 983. The summed E-state index contributed by atoms with van der Waals surface area (Å²) in [4.78, 5) is 24.7. The van der Waals surface area contributed by atoms with E-state index in [1.807, 2.05) is 24.7 Å². The van der Waals surface area contributed by atoms with Crippen molar-refractivity contribution in [2.45, 2.75) is 19.5 Å². The van der Waals surface area contributed by atoms with Gasteiger partial charge >= 0.3 is 0 Å². The molecule has 162 valence electrons. The number of nitrogens with two attached hydrogens (primary N) is 1. The third kappa shape index (κ3) is 5.61. The van der Waals surface area contributed by atoms with E-state index >= 15 is 0 Å². The van der Waals surface area contributed by atoms with Gasteiger partial charge in [0.15, 0.2) is 0 Å². The molecule has 8 nitrogen and oxygen atoms in total. The molecule has 1 amide bonds. The van der Waals surface area contributed by atoms with Gasteiger partial charge in [0, 0.05) is 57.9 Å². The molecule has 0 spiro atoms. The molecule has 0 unspecified atom stereocenters. The second-order valence-electron chi connectivity index (χ2n) is 7.65. The molecule has 1 aliphatic rings. The van der Waals surface area contributed by atoms with Crippen LogP contribution in [0.3, 0.4) is 0 Å². The second-order valence-corrected chi connectivity index (χ2v) is 7.65. The van der Waals surface area contributed by atoms with Crippen molar-refractivity contribution in [3.63, 3.8) is 0 Å². The fourth-order valence-electron chi connectivity index (χ4n) is 3.81. The van der Waals surface area contributed by atoms with Crippen LogP contribution in [0.2, 0.25) is 0 Å². The van der Waals surface area contributed by atoms with E-state index in [4.69, 9.17) is 10.5 Å². The summed E-state index contributed by atoms with van der Waals surface area (Å²) < 4.78 is 7.98. The van der Waals surface area contributed by atoms with Crippen LogP contribution in [0.4, 0.5) is 5.82 Å². The molecule has 1 aromatic carbocycles. The van der Waals surface area contributed by atoms with Crippen LogP contribution in [0.15, 0.2) is 61.3 Å². The SMILES string of the molecule is NC(=O)c1cccnc1N1CCN(Cc2cccc(OCCCn3ccnc3)c2)CC1. The van der Waals surface area contributed by atoms with Crippen molar-refractivity contribution in [1.82, 2.24) is 19.4 Å². The van der Waals surface area contributed by atoms with Gasteiger partial charge in [-0.1, -0.05) is 12.1 Å². The number of carbonyl (C=O) groups excluding carboxylic acids is 1. The molecule has 0 bridgehead atoms. The number of nitrogens with zero attached hydrogens (tertiary/aromatic N) is 5. The molecule has 2 N–H and O–H groups in total. The van der Waals surface area contributed by atoms with Crippen molar-refractivity contribution >= 4 is 11.7 Å². The topological polar surface area (TPSA) is 89.5 Å². The molecular formula is C23H28N6O2. The highest BCUT2D eigenvalue weighted by Gasteiger charge is 2.21. The maximum Gasteiger partial charge on any atom is 0.252 e. The Hall–Kier alpha value is -3.39. The van der Waals surface area contributed by atoms with Crippen LogP contribution in [0.5, 0.6) is 5.75 Å². The number of hydrogen-bond donors (Lipinski definition) is 1. The molecule has 8 heteroatoms. The molecule has 1 aliphatic heterocycles. The lowest BCUT2D eigenvalue weighted by Crippen LogP contribution is -2.46. The largest absolute Gasteiger partial charge is 0.494 e. The number of benzene rings is 1. The third-order valence-corrected chi connectivity index (χ3v) is 5.42. The predicted octanol–water partition coefficient (Wildman–Crippen LogP) is 2.17. The van der Waals surface area contributed by atoms with Gasteiger partial charge in [-0.05, 0) is 36.2 Å². The molecule has 0 saturated carbocycles. The number of amides is 1. The average molecular weight is 421 g/mol. The Morgan fingerprint density at radius 1 is 1.10 bits per heavy atom. The fraction of sp³-hybridized carbons (Fsp3) is 0.348. The van der Waals surface area contributed by atoms with E-state index in [9.17, 15) is 4.79 Å². The van der Waals surface area contributed by atoms with Crippen molar-refractivity contribution < 1.29 is 9.53 Å². The first-order chi connectivity index (χ1) is 15.2. The molecule has 2 aromatic heterocycles. The fourth-order valence-corrected chi connectivity index (χ4v) is 3.81. The lowest BCUT2D eigenvalue weighted by Gasteiger charge is -2.36. The first-order valence-electron chi connectivity index (χ1n) is 10.6. The summed E-state index contributed by atoms with van der Waals surface area (Å²) in [6.07, 6.45) is 8.21. The van der Waals surface area contributed by atoms with E-state index in [0.29, 0.717) is 18.0 Å². The summed E-state index contributed by atoms with van der Waals surface area (Å²) in [5.41, 5.74) is 7.21. The number of pyridine rings is 1. The molecule has 3 aromatic rings. The van der Waals surface area contributed by atoms with Gasteiger partial charge in [-0.25, -0.2) is 9.97 Å². The lowest BCUT2D eigenvalue weighted by atomic mass is 10.1. The van der Waals surface area contributed by atoms with Crippen molar-refractivity contribution in [1.29, 1.82) is 0 Å². The Morgan fingerprint density at radius 3 is 2.74 bits per heavy atom. The van der Waals surface area contributed by atoms with Crippen LogP contribution in [0.25, 0.3) is 0 Å². The molecule has 0 atom stereocenters. The Kier molecular flexibility index (Phi) is 6.78. The van der Waals surface area contributed by atoms with Crippen LogP contribution < -0.4 is 15.4 Å². The highest BCUT2D eigenvalue weighted by Crippen LogP contribution is 2.20. The minimum atomic E-state index is -0.438. The van der Waals surface area contributed by atoms with Crippen molar-refractivity contribution in [3.05, 3.63) is 72.4 Å². The standard InChI is InChI=1S/C23H28N6O2/c24-22(30)21-6-2-7-26-23(21)29-13-11-27(12-14-29)17-19-4-1-5-20(16-19)31-15-3-9-28-10-8-25-18-28/h1-2,4-8,10,16,18H,3,9,11-15,17H2,(H2,24,30). The van der Waals surface area contributed by atoms with Gasteiger partial charge in [0.2, 0.25) is 0 Å². The Labute approximate surface area is 182 Å². The van der Waals surface area contributed by atoms with Gasteiger partial charge in [0.25, 0.3) is 5.91 Å². The van der Waals surface area contributed by atoms with E-state index in [1.165, 1.54) is 5.56 Å². The van der Waals surface area contributed by atoms with Crippen molar-refractivity contribution in [2.24, 2.45) is 5.73 Å². The molecule has 1 saturated heterocycles. The number of anilines is 1. The third-order valence-electron chi connectivity index (χ3n) is 5.42. The van der Waals surface area contributed by atoms with Gasteiger partial charge in [-0.2, -0.15) is 0 Å². The summed E-state index contributed by atoms with van der Waals surface area (Å²) in [6.45, 7) is 5.84. The Morgan fingerprint density at radius 2 is 1.97 bits per heavy atom. The highest BCUT2D eigenvalue weighted by atomic mass is 16.5. The van der Waals surface area contributed by atoms with Crippen molar-refractivity contribution in [2.75, 3.05) is 37.7 Å². The van der Waals surface area contributed by atoms with E-state index in [1.54, 1.807) is 24.5 Å². The molecule has 0 radical (unpaired) electrons. The molecule has 0 aliphatic carbocycles. The number of ether oxygens (including phenoxy) is 1. The van der Waals surface area contributed by atoms with E-state index in [0.717, 1.165) is 51.4 Å². The number of rotatable bonds is 9. The van der Waals surface area contributed by atoms with Crippen LogP contribution >= 0.6 is 0 Å². The lowest BCUT2D eigenvalue weighted by molar-refractivity contribution is 0.1000. The Balaban J connectivity index is 1.26. The summed E-state index contributed by atoms with van der Waals surface area (Å²) in [7, 11) is 0. The zero-order chi connectivity index (χ0) is 21.5. The summed E-state index contributed by atoms with van der Waals surface area (Å²) in [5, 5.41) is 0. The van der Waals surface area contributed by atoms with Gasteiger partial charge in [-0.3, -0.25) is 9.69 Å². The van der Waals surface area contributed by atoms with Gasteiger partial charge < -0.3 is 19.9 Å². The minimum Gasteiger partial charge on any atom is -0.494 e. The smallest absolute Gasteiger partial charge is 0.252 e. The number of piperazine rings is 1. The second kappa shape index (κ2) is 10.1. The first-order valence-corrected chi connectivity index (χ1v) is 10.6. The maximum absolute atomic E-state index is 11.7. The average Bonchev–Trinajstić information content (AvgIpc) is 3.31. The zero-order valence-electron chi connectivity index (χ0n) is 17.6. The van der Waals surface area contributed by atoms with Gasteiger partial charge in [0.05, 0.1) is 18.5 Å². The minimum absolute atomic E-state index is 0.438. The van der Waals surface area contributed by atoms with Crippen molar-refractivity contribution in [3.8, 4) is 5.75 Å².